The van der Waals surface area contributed by atoms with Crippen LogP contribution in [0.2, 0.25) is 0 Å². The van der Waals surface area contributed by atoms with E-state index in [0.717, 1.165) is 44.9 Å². The summed E-state index contributed by atoms with van der Waals surface area (Å²) in [7, 11) is 0. The summed E-state index contributed by atoms with van der Waals surface area (Å²) < 4.78 is 35.3. The molecule has 5 aliphatic carbocycles. The molecule has 0 bridgehead atoms. The molecule has 0 unspecified atom stereocenters. The number of fused-ring (bicyclic) bond motifs is 7. The monoisotopic (exact) mass is 926 g/mol. The Bertz CT molecular complexity index is 1830. The van der Waals surface area contributed by atoms with E-state index in [1.165, 1.54) is 5.57 Å². The minimum absolute atomic E-state index is 0.00655. The maximum Gasteiger partial charge on any atom is 0.335 e. The van der Waals surface area contributed by atoms with Gasteiger partial charge < -0.3 is 79.5 Å². The van der Waals surface area contributed by atoms with Gasteiger partial charge in [-0.25, -0.2) is 4.79 Å². The van der Waals surface area contributed by atoms with Crippen molar-refractivity contribution < 1.29 is 89.1 Å². The molecule has 8 rings (SSSR count). The summed E-state index contributed by atoms with van der Waals surface area (Å²) in [6, 6.07) is 0. The number of carboxylic acid groups (broad SMARTS) is 2. The van der Waals surface area contributed by atoms with Crippen molar-refractivity contribution in [3.05, 3.63) is 11.6 Å². The molecule has 0 amide bonds. The SMILES string of the molecule is CC1(C)CC[C@]2(C(=O)O)CC[C@]3(C)C(=CC[C@@H]4[C@@]5(C)CC[C@H](O[C@@H]6O[C@H](C(=O)O)[C@@H](O)[C@H](O[C@@H]7O[C@H](CO)[C@H](O)[C@H](O)[C@H]7O[C@@H]7OC[C@@H](O)[C@H](O)[C@H]7O)[C@H]6O)C(C)(C)[C@@H]5CC[C@]43C)[C@@H]2C1. The maximum atomic E-state index is 13.1. The van der Waals surface area contributed by atoms with Crippen LogP contribution in [-0.2, 0) is 38.0 Å². The lowest BCUT2D eigenvalue weighted by molar-refractivity contribution is -0.385. The van der Waals surface area contributed by atoms with E-state index in [9.17, 15) is 60.7 Å². The van der Waals surface area contributed by atoms with E-state index in [1.54, 1.807) is 0 Å². The standard InChI is InChI=1S/C47H74O18/c1-42(2)14-16-47(41(58)59)17-15-45(6)21(22(47)18-42)8-9-26-44(5)12-11-27(43(3,4)25(44)10-13-46(26,45)7)62-39-33(55)34(32(54)35(64-39)37(56)57)63-40-36(30(52)29(51)24(19-48)61-40)65-38-31(53)28(50)23(49)20-60-38/h8,22-36,38-40,48-55H,9-20H2,1-7H3,(H,56,57)(H,58,59)/t22-,23+,24+,25-,26+,27-,28-,29-,30-,31+,32-,33+,34-,35-,36+,38-,39+,40-,44-,45+,46+,47-/m0/s1. The Morgan fingerprint density at radius 1 is 0.692 bits per heavy atom. The lowest BCUT2D eigenvalue weighted by Crippen LogP contribution is -2.67. The minimum Gasteiger partial charge on any atom is -0.481 e. The molecular weight excluding hydrogens is 852 g/mol. The second-order valence-corrected chi connectivity index (χ2v) is 23.1. The Morgan fingerprint density at radius 2 is 1.37 bits per heavy atom. The van der Waals surface area contributed by atoms with Gasteiger partial charge in [0, 0.05) is 0 Å². The smallest absolute Gasteiger partial charge is 0.335 e. The van der Waals surface area contributed by atoms with Gasteiger partial charge in [-0.3, -0.25) is 4.79 Å². The molecule has 10 N–H and O–H groups in total. The molecule has 4 saturated carbocycles. The van der Waals surface area contributed by atoms with Crippen LogP contribution in [0.4, 0.5) is 0 Å². The maximum absolute atomic E-state index is 13.1. The van der Waals surface area contributed by atoms with Crippen LogP contribution in [-0.4, -0.2) is 168 Å². The number of allylic oxidation sites excluding steroid dienone is 2. The average Bonchev–Trinajstić information content (AvgIpc) is 3.23. The zero-order valence-corrected chi connectivity index (χ0v) is 38.7. The fourth-order valence-electron chi connectivity index (χ4n) is 14.8. The Hall–Kier alpha value is -1.88. The first-order valence-corrected chi connectivity index (χ1v) is 23.7. The van der Waals surface area contributed by atoms with Gasteiger partial charge in [0.15, 0.2) is 25.0 Å². The van der Waals surface area contributed by atoms with Crippen molar-refractivity contribution in [3.63, 3.8) is 0 Å². The van der Waals surface area contributed by atoms with Crippen molar-refractivity contribution in [2.24, 2.45) is 50.2 Å². The number of hydrogen-bond donors (Lipinski definition) is 10. The Balaban J connectivity index is 1.03. The average molecular weight is 927 g/mol. The van der Waals surface area contributed by atoms with E-state index in [0.29, 0.717) is 19.3 Å². The molecule has 65 heavy (non-hydrogen) atoms. The van der Waals surface area contributed by atoms with Gasteiger partial charge >= 0.3 is 11.9 Å². The molecule has 22 atom stereocenters. The summed E-state index contributed by atoms with van der Waals surface area (Å²) in [4.78, 5) is 25.7. The van der Waals surface area contributed by atoms with Gasteiger partial charge in [-0.2, -0.15) is 0 Å². The third kappa shape index (κ3) is 7.76. The first kappa shape index (κ1) is 49.5. The van der Waals surface area contributed by atoms with Crippen molar-refractivity contribution in [2.45, 2.75) is 205 Å². The highest BCUT2D eigenvalue weighted by Gasteiger charge is 2.70. The first-order valence-electron chi connectivity index (χ1n) is 23.7. The van der Waals surface area contributed by atoms with Crippen LogP contribution in [0.5, 0.6) is 0 Å². The molecule has 0 radical (unpaired) electrons. The van der Waals surface area contributed by atoms with E-state index in [-0.39, 0.29) is 39.4 Å². The predicted molar refractivity (Wildman–Crippen MR) is 225 cm³/mol. The van der Waals surface area contributed by atoms with Gasteiger partial charge in [0.05, 0.1) is 24.7 Å². The number of carboxylic acids is 2. The summed E-state index contributed by atoms with van der Waals surface area (Å²) in [5.41, 5.74) is -0.299. The Labute approximate surface area is 380 Å². The van der Waals surface area contributed by atoms with Gasteiger partial charge in [0.2, 0.25) is 0 Å². The lowest BCUT2D eigenvalue weighted by Gasteiger charge is -2.71. The van der Waals surface area contributed by atoms with Crippen molar-refractivity contribution >= 4 is 11.9 Å². The van der Waals surface area contributed by atoms with E-state index >= 15 is 0 Å². The first-order chi connectivity index (χ1) is 30.3. The molecule has 0 aromatic carbocycles. The molecule has 3 heterocycles. The number of aliphatic hydroxyl groups is 8. The molecular formula is C47H74O18. The Morgan fingerprint density at radius 3 is 2.03 bits per heavy atom. The topological polar surface area (TPSA) is 292 Å². The number of hydrogen-bond acceptors (Lipinski definition) is 16. The van der Waals surface area contributed by atoms with E-state index in [2.05, 4.69) is 54.5 Å². The molecule has 0 aromatic rings. The fourth-order valence-corrected chi connectivity index (χ4v) is 14.8. The molecule has 370 valence electrons. The largest absolute Gasteiger partial charge is 0.481 e. The van der Waals surface area contributed by atoms with Crippen LogP contribution in [0.3, 0.4) is 0 Å². The number of carbonyl (C=O) groups is 2. The van der Waals surface area contributed by atoms with Gasteiger partial charge in [-0.05, 0) is 109 Å². The summed E-state index contributed by atoms with van der Waals surface area (Å²) >= 11 is 0. The van der Waals surface area contributed by atoms with E-state index in [4.69, 9.17) is 28.4 Å². The van der Waals surface area contributed by atoms with Crippen molar-refractivity contribution in [3.8, 4) is 0 Å². The van der Waals surface area contributed by atoms with Gasteiger partial charge in [-0.1, -0.05) is 60.1 Å². The van der Waals surface area contributed by atoms with Gasteiger partial charge in [-0.15, -0.1) is 0 Å². The van der Waals surface area contributed by atoms with Crippen molar-refractivity contribution in [2.75, 3.05) is 13.2 Å². The van der Waals surface area contributed by atoms with Crippen LogP contribution >= 0.6 is 0 Å². The zero-order chi connectivity index (χ0) is 47.6. The van der Waals surface area contributed by atoms with Crippen LogP contribution in [0.15, 0.2) is 11.6 Å². The molecule has 3 aliphatic heterocycles. The minimum atomic E-state index is -2.04. The highest BCUT2D eigenvalue weighted by Crippen LogP contribution is 2.76. The van der Waals surface area contributed by atoms with Crippen LogP contribution in [0, 0.1) is 50.2 Å². The number of aliphatic hydroxyl groups excluding tert-OH is 8. The number of aliphatic carboxylic acids is 2. The van der Waals surface area contributed by atoms with E-state index in [1.807, 2.05) is 0 Å². The summed E-state index contributed by atoms with van der Waals surface area (Å²) in [5.74, 6) is -1.84. The molecule has 0 aromatic heterocycles. The molecule has 18 nitrogen and oxygen atoms in total. The molecule has 0 spiro atoms. The zero-order valence-electron chi connectivity index (χ0n) is 38.7. The lowest BCUT2D eigenvalue weighted by atomic mass is 9.33. The normalized spacial score (nSPS) is 52.8. The van der Waals surface area contributed by atoms with Crippen LogP contribution in [0.25, 0.3) is 0 Å². The Kier molecular flexibility index (Phi) is 13.1. The van der Waals surface area contributed by atoms with Crippen molar-refractivity contribution in [1.82, 2.24) is 0 Å². The molecule has 8 aliphatic rings. The van der Waals surface area contributed by atoms with Crippen LogP contribution < -0.4 is 0 Å². The summed E-state index contributed by atoms with van der Waals surface area (Å²) in [5, 5.41) is 107. The second kappa shape index (κ2) is 17.2. The third-order valence-corrected chi connectivity index (χ3v) is 18.9. The molecule has 3 saturated heterocycles. The predicted octanol–water partition coefficient (Wildman–Crippen LogP) is 1.44. The summed E-state index contributed by atoms with van der Waals surface area (Å²) in [6.45, 7) is 14.7. The quantitative estimate of drug-likeness (QED) is 0.116. The van der Waals surface area contributed by atoms with Crippen LogP contribution in [0.1, 0.15) is 113 Å². The highest BCUT2D eigenvalue weighted by atomic mass is 16.8. The third-order valence-electron chi connectivity index (χ3n) is 18.9. The van der Waals surface area contributed by atoms with Crippen molar-refractivity contribution in [1.29, 1.82) is 0 Å². The van der Waals surface area contributed by atoms with Gasteiger partial charge in [0.25, 0.3) is 0 Å². The molecule has 18 heteroatoms. The van der Waals surface area contributed by atoms with Gasteiger partial charge in [0.1, 0.15) is 61.0 Å². The van der Waals surface area contributed by atoms with E-state index < -0.39 is 128 Å². The highest BCUT2D eigenvalue weighted by molar-refractivity contribution is 5.76. The number of rotatable bonds is 9. The fraction of sp³-hybridized carbons (Fsp3) is 0.915. The second-order valence-electron chi connectivity index (χ2n) is 23.1. The summed E-state index contributed by atoms with van der Waals surface area (Å²) in [6.07, 6.45) is -15.1. The molecule has 7 fully saturated rings. The number of ether oxygens (including phenoxy) is 6.